The molecule has 0 bridgehead atoms. The number of benzene rings is 1. The number of nitrogens with zero attached hydrogens (tertiary/aromatic N) is 3. The Morgan fingerprint density at radius 1 is 1.42 bits per heavy atom. The van der Waals surface area contributed by atoms with E-state index in [-0.39, 0.29) is 36.6 Å². The van der Waals surface area contributed by atoms with Gasteiger partial charge in [-0.2, -0.15) is 5.10 Å². The molecule has 2 heterocycles. The number of aliphatic hydroxyl groups excluding tert-OH is 1. The van der Waals surface area contributed by atoms with Crippen molar-refractivity contribution < 1.29 is 24.2 Å². The number of nitrogens with two attached hydrogens (primary N) is 1. The van der Waals surface area contributed by atoms with Gasteiger partial charge in [0.25, 0.3) is 5.91 Å². The number of halogens is 1. The van der Waals surface area contributed by atoms with Crippen LogP contribution in [-0.4, -0.2) is 50.0 Å². The molecule has 8 nitrogen and oxygen atoms in total. The second-order valence-corrected chi connectivity index (χ2v) is 5.49. The number of carboxylic acid groups (broad SMARTS) is 1. The summed E-state index contributed by atoms with van der Waals surface area (Å²) in [5, 5.41) is 23.0. The van der Waals surface area contributed by atoms with Gasteiger partial charge in [0.15, 0.2) is 0 Å². The lowest BCUT2D eigenvalue weighted by molar-refractivity contribution is 0.0955. The Labute approximate surface area is 135 Å². The molecule has 1 aromatic carbocycles. The van der Waals surface area contributed by atoms with Gasteiger partial charge >= 0.3 is 6.09 Å². The summed E-state index contributed by atoms with van der Waals surface area (Å²) in [5.41, 5.74) is 6.29. The average Bonchev–Trinajstić information content (AvgIpc) is 2.93. The van der Waals surface area contributed by atoms with Crippen molar-refractivity contribution in [1.82, 2.24) is 14.7 Å². The Balaban J connectivity index is 2.20. The van der Waals surface area contributed by atoms with Gasteiger partial charge in [0, 0.05) is 12.1 Å². The van der Waals surface area contributed by atoms with Crippen LogP contribution in [-0.2, 0) is 6.54 Å². The smallest absolute Gasteiger partial charge is 0.407 e. The van der Waals surface area contributed by atoms with Crippen LogP contribution in [0.15, 0.2) is 24.3 Å². The molecule has 0 saturated heterocycles. The van der Waals surface area contributed by atoms with Crippen molar-refractivity contribution in [2.24, 2.45) is 5.73 Å². The summed E-state index contributed by atoms with van der Waals surface area (Å²) in [6.07, 6.45) is -1.18. The summed E-state index contributed by atoms with van der Waals surface area (Å²) in [6.45, 7) is -0.424. The summed E-state index contributed by atoms with van der Waals surface area (Å²) < 4.78 is 14.9. The summed E-state index contributed by atoms with van der Waals surface area (Å²) in [6, 6.07) is 4.87. The minimum absolute atomic E-state index is 0.0291. The maximum Gasteiger partial charge on any atom is 0.407 e. The second kappa shape index (κ2) is 5.93. The standard InChI is InChI=1S/C15H15FN4O4/c16-9-3-1-2-8(4-9)13-12(14(17)22)11-6-19(15(23)24)5-10(7-21)20(11)18-13/h1-4,10,21H,5-7H2,(H2,17,22)(H,23,24). The van der Waals surface area contributed by atoms with E-state index in [0.717, 1.165) is 4.90 Å². The number of primary amides is 1. The first-order valence-electron chi connectivity index (χ1n) is 7.18. The zero-order valence-corrected chi connectivity index (χ0v) is 12.5. The van der Waals surface area contributed by atoms with E-state index < -0.39 is 23.9 Å². The topological polar surface area (TPSA) is 122 Å². The normalized spacial score (nSPS) is 16.8. The van der Waals surface area contributed by atoms with Crippen molar-refractivity contribution in [1.29, 1.82) is 0 Å². The number of carbonyl (C=O) groups excluding carboxylic acids is 1. The van der Waals surface area contributed by atoms with Crippen LogP contribution in [0.25, 0.3) is 11.3 Å². The molecule has 1 aliphatic rings. The third-order valence-corrected chi connectivity index (χ3v) is 3.95. The number of amides is 2. The van der Waals surface area contributed by atoms with Crippen LogP contribution < -0.4 is 5.73 Å². The van der Waals surface area contributed by atoms with Gasteiger partial charge < -0.3 is 20.8 Å². The van der Waals surface area contributed by atoms with Gasteiger partial charge in [-0.3, -0.25) is 9.48 Å². The molecular weight excluding hydrogens is 319 g/mol. The quantitative estimate of drug-likeness (QED) is 0.767. The zero-order chi connectivity index (χ0) is 17.4. The fraction of sp³-hybridized carbons (Fsp3) is 0.267. The Bertz CT molecular complexity index is 820. The highest BCUT2D eigenvalue weighted by molar-refractivity contribution is 6.00. The van der Waals surface area contributed by atoms with Crippen LogP contribution >= 0.6 is 0 Å². The van der Waals surface area contributed by atoms with Crippen molar-refractivity contribution in [3.8, 4) is 11.3 Å². The van der Waals surface area contributed by atoms with E-state index in [0.29, 0.717) is 5.56 Å². The van der Waals surface area contributed by atoms with Crippen LogP contribution in [0, 0.1) is 5.82 Å². The summed E-state index contributed by atoms with van der Waals surface area (Å²) in [4.78, 5) is 24.3. The third-order valence-electron chi connectivity index (χ3n) is 3.95. The van der Waals surface area contributed by atoms with E-state index in [2.05, 4.69) is 5.10 Å². The zero-order valence-electron chi connectivity index (χ0n) is 12.5. The first-order chi connectivity index (χ1) is 11.4. The molecule has 3 rings (SSSR count). The predicted molar refractivity (Wildman–Crippen MR) is 80.7 cm³/mol. The molecule has 126 valence electrons. The monoisotopic (exact) mass is 334 g/mol. The van der Waals surface area contributed by atoms with E-state index in [9.17, 15) is 24.2 Å². The van der Waals surface area contributed by atoms with Crippen LogP contribution in [0.4, 0.5) is 9.18 Å². The highest BCUT2D eigenvalue weighted by Crippen LogP contribution is 2.31. The molecule has 1 atom stereocenters. The van der Waals surface area contributed by atoms with Crippen LogP contribution in [0.5, 0.6) is 0 Å². The molecule has 24 heavy (non-hydrogen) atoms. The highest BCUT2D eigenvalue weighted by atomic mass is 19.1. The number of hydrogen-bond acceptors (Lipinski definition) is 4. The molecule has 0 fully saturated rings. The van der Waals surface area contributed by atoms with Gasteiger partial charge in [-0.25, -0.2) is 9.18 Å². The van der Waals surface area contributed by atoms with Crippen molar-refractivity contribution in [2.45, 2.75) is 12.6 Å². The van der Waals surface area contributed by atoms with Gasteiger partial charge in [0.05, 0.1) is 30.5 Å². The molecule has 1 unspecified atom stereocenters. The number of fused-ring (bicyclic) bond motifs is 1. The Morgan fingerprint density at radius 3 is 2.75 bits per heavy atom. The third kappa shape index (κ3) is 2.58. The van der Waals surface area contributed by atoms with E-state index in [1.165, 1.54) is 22.9 Å². The Morgan fingerprint density at radius 2 is 2.17 bits per heavy atom. The maximum atomic E-state index is 13.5. The lowest BCUT2D eigenvalue weighted by Crippen LogP contribution is -2.42. The molecule has 0 radical (unpaired) electrons. The van der Waals surface area contributed by atoms with E-state index in [1.807, 2.05) is 0 Å². The molecule has 2 aromatic rings. The largest absolute Gasteiger partial charge is 0.465 e. The summed E-state index contributed by atoms with van der Waals surface area (Å²) >= 11 is 0. The van der Waals surface area contributed by atoms with Crippen molar-refractivity contribution in [2.75, 3.05) is 13.2 Å². The number of aliphatic hydroxyl groups is 1. The number of rotatable bonds is 3. The molecule has 1 aliphatic heterocycles. The fourth-order valence-electron chi connectivity index (χ4n) is 2.88. The van der Waals surface area contributed by atoms with Crippen LogP contribution in [0.1, 0.15) is 22.1 Å². The molecule has 1 aromatic heterocycles. The minimum Gasteiger partial charge on any atom is -0.465 e. The molecule has 0 saturated carbocycles. The molecular formula is C15H15FN4O4. The first kappa shape index (κ1) is 15.9. The SMILES string of the molecule is NC(=O)c1c(-c2cccc(F)c2)nn2c1CN(C(=O)O)CC2CO. The van der Waals surface area contributed by atoms with E-state index in [4.69, 9.17) is 5.73 Å². The number of hydrogen-bond donors (Lipinski definition) is 3. The highest BCUT2D eigenvalue weighted by Gasteiger charge is 2.34. The fourth-order valence-corrected chi connectivity index (χ4v) is 2.88. The Kier molecular flexibility index (Phi) is 3.94. The van der Waals surface area contributed by atoms with Crippen molar-refractivity contribution in [3.63, 3.8) is 0 Å². The summed E-state index contributed by atoms with van der Waals surface area (Å²) in [5.74, 6) is -1.29. The first-order valence-corrected chi connectivity index (χ1v) is 7.18. The average molecular weight is 334 g/mol. The van der Waals surface area contributed by atoms with Crippen molar-refractivity contribution >= 4 is 12.0 Å². The summed E-state index contributed by atoms with van der Waals surface area (Å²) in [7, 11) is 0. The Hall–Kier alpha value is -2.94. The van der Waals surface area contributed by atoms with Gasteiger partial charge in [0.1, 0.15) is 11.5 Å². The van der Waals surface area contributed by atoms with E-state index in [1.54, 1.807) is 6.07 Å². The molecule has 2 amide bonds. The molecule has 0 aliphatic carbocycles. The predicted octanol–water partition coefficient (Wildman–Crippen LogP) is 0.815. The van der Waals surface area contributed by atoms with Gasteiger partial charge in [-0.05, 0) is 12.1 Å². The minimum atomic E-state index is -1.18. The van der Waals surface area contributed by atoms with E-state index >= 15 is 0 Å². The van der Waals surface area contributed by atoms with Gasteiger partial charge in [-0.15, -0.1) is 0 Å². The molecule has 4 N–H and O–H groups in total. The number of aromatic nitrogens is 2. The van der Waals surface area contributed by atoms with Gasteiger partial charge in [0.2, 0.25) is 0 Å². The lowest BCUT2D eigenvalue weighted by Gasteiger charge is -2.31. The molecule has 0 spiro atoms. The lowest BCUT2D eigenvalue weighted by atomic mass is 10.0. The van der Waals surface area contributed by atoms with Crippen LogP contribution in [0.2, 0.25) is 0 Å². The maximum absolute atomic E-state index is 13.5. The van der Waals surface area contributed by atoms with Crippen molar-refractivity contribution in [3.05, 3.63) is 41.3 Å². The van der Waals surface area contributed by atoms with Gasteiger partial charge in [-0.1, -0.05) is 12.1 Å². The van der Waals surface area contributed by atoms with Crippen LogP contribution in [0.3, 0.4) is 0 Å². The molecule has 9 heteroatoms. The second-order valence-electron chi connectivity index (χ2n) is 5.49. The number of carbonyl (C=O) groups is 2.